The van der Waals surface area contributed by atoms with E-state index < -0.39 is 27.4 Å². The number of aryl methyl sites for hydroxylation is 1. The number of sulfonamides is 1. The van der Waals surface area contributed by atoms with Gasteiger partial charge in [-0.25, -0.2) is 22.5 Å². The highest BCUT2D eigenvalue weighted by molar-refractivity contribution is 7.89. The predicted octanol–water partition coefficient (Wildman–Crippen LogP) is 2.76. The molecule has 1 aromatic carbocycles. The van der Waals surface area contributed by atoms with Crippen molar-refractivity contribution in [3.05, 3.63) is 45.7 Å². The first-order chi connectivity index (χ1) is 10.4. The highest BCUT2D eigenvalue weighted by Crippen LogP contribution is 2.24. The largest absolute Gasteiger partial charge is 0.248 e. The molecule has 0 amide bonds. The Morgan fingerprint density at radius 3 is 2.82 bits per heavy atom. The first-order valence-corrected chi connectivity index (χ1v) is 8.84. The molecule has 116 valence electrons. The molecule has 2 rings (SSSR count). The Morgan fingerprint density at radius 2 is 2.23 bits per heavy atom. The Morgan fingerprint density at radius 1 is 1.50 bits per heavy atom. The van der Waals surface area contributed by atoms with Crippen LogP contribution in [0.5, 0.6) is 0 Å². The maximum atomic E-state index is 13.6. The smallest absolute Gasteiger partial charge is 0.242 e. The molecule has 1 aromatic heterocycles. The normalized spacial score (nSPS) is 12.8. The highest BCUT2D eigenvalue weighted by atomic mass is 32.2. The standard InChI is InChI=1S/C14H14FN3O2S2/c1-3-10-8-17-14(21-10)9(2)18-22(19,20)13-6-4-5-12(15)11(13)7-16/h4-6,8-9,18H,3H2,1-2H3. The molecule has 2 aromatic rings. The number of rotatable bonds is 5. The molecule has 0 fully saturated rings. The summed E-state index contributed by atoms with van der Waals surface area (Å²) in [4.78, 5) is 4.86. The molecule has 22 heavy (non-hydrogen) atoms. The summed E-state index contributed by atoms with van der Waals surface area (Å²) in [5, 5.41) is 9.58. The van der Waals surface area contributed by atoms with Crippen molar-refractivity contribution in [3.63, 3.8) is 0 Å². The third kappa shape index (κ3) is 3.32. The molecule has 0 aliphatic rings. The monoisotopic (exact) mass is 339 g/mol. The lowest BCUT2D eigenvalue weighted by molar-refractivity contribution is 0.562. The lowest BCUT2D eigenvalue weighted by atomic mass is 10.2. The quantitative estimate of drug-likeness (QED) is 0.908. The van der Waals surface area contributed by atoms with Crippen LogP contribution in [0.2, 0.25) is 0 Å². The number of nitrogens with one attached hydrogen (secondary N) is 1. The summed E-state index contributed by atoms with van der Waals surface area (Å²) in [5.74, 6) is -0.861. The molecule has 5 nitrogen and oxygen atoms in total. The van der Waals surface area contributed by atoms with Gasteiger partial charge in [-0.2, -0.15) is 5.26 Å². The van der Waals surface area contributed by atoms with Crippen molar-refractivity contribution in [1.82, 2.24) is 9.71 Å². The Kier molecular flexibility index (Phi) is 4.90. The second kappa shape index (κ2) is 6.52. The minimum atomic E-state index is -4.02. The second-order valence-electron chi connectivity index (χ2n) is 4.59. The van der Waals surface area contributed by atoms with Gasteiger partial charge in [-0.3, -0.25) is 0 Å². The van der Waals surface area contributed by atoms with Crippen LogP contribution in [0, 0.1) is 17.1 Å². The molecule has 0 saturated carbocycles. The van der Waals surface area contributed by atoms with Crippen LogP contribution in [0.25, 0.3) is 0 Å². The van der Waals surface area contributed by atoms with Gasteiger partial charge in [0.25, 0.3) is 0 Å². The summed E-state index contributed by atoms with van der Waals surface area (Å²) in [6, 6.07) is 4.54. The van der Waals surface area contributed by atoms with Gasteiger partial charge < -0.3 is 0 Å². The number of aromatic nitrogens is 1. The zero-order valence-electron chi connectivity index (χ0n) is 12.0. The van der Waals surface area contributed by atoms with Crippen LogP contribution < -0.4 is 4.72 Å². The van der Waals surface area contributed by atoms with Crippen molar-refractivity contribution in [2.45, 2.75) is 31.2 Å². The van der Waals surface area contributed by atoms with Gasteiger partial charge >= 0.3 is 0 Å². The number of benzene rings is 1. The van der Waals surface area contributed by atoms with Crippen molar-refractivity contribution < 1.29 is 12.8 Å². The molecule has 0 aliphatic carbocycles. The molecule has 0 radical (unpaired) electrons. The van der Waals surface area contributed by atoms with Crippen molar-refractivity contribution in [2.24, 2.45) is 0 Å². The van der Waals surface area contributed by atoms with E-state index in [1.807, 2.05) is 6.92 Å². The van der Waals surface area contributed by atoms with E-state index in [1.54, 1.807) is 19.2 Å². The van der Waals surface area contributed by atoms with E-state index in [1.165, 1.54) is 23.5 Å². The van der Waals surface area contributed by atoms with E-state index in [2.05, 4.69) is 9.71 Å². The summed E-state index contributed by atoms with van der Waals surface area (Å²) in [6.45, 7) is 3.64. The fourth-order valence-electron chi connectivity index (χ4n) is 1.87. The SMILES string of the molecule is CCc1cnc(C(C)NS(=O)(=O)c2cccc(F)c2C#N)s1. The number of nitriles is 1. The fourth-order valence-corrected chi connectivity index (χ4v) is 4.18. The van der Waals surface area contributed by atoms with Crippen LogP contribution in [0.3, 0.4) is 0 Å². The molecule has 0 aliphatic heterocycles. The minimum absolute atomic E-state index is 0.367. The molecule has 1 atom stereocenters. The van der Waals surface area contributed by atoms with Gasteiger partial charge in [0.2, 0.25) is 10.0 Å². The van der Waals surface area contributed by atoms with Crippen LogP contribution >= 0.6 is 11.3 Å². The van der Waals surface area contributed by atoms with Gasteiger partial charge in [-0.1, -0.05) is 13.0 Å². The Labute approximate surface area is 132 Å². The van der Waals surface area contributed by atoms with Gasteiger partial charge in [-0.05, 0) is 25.5 Å². The van der Waals surface area contributed by atoms with E-state index >= 15 is 0 Å². The van der Waals surface area contributed by atoms with Crippen molar-refractivity contribution in [2.75, 3.05) is 0 Å². The number of nitrogens with zero attached hydrogens (tertiary/aromatic N) is 2. The van der Waals surface area contributed by atoms with E-state index in [-0.39, 0.29) is 4.90 Å². The molecular formula is C14H14FN3O2S2. The van der Waals surface area contributed by atoms with Gasteiger partial charge in [0, 0.05) is 11.1 Å². The molecule has 8 heteroatoms. The molecule has 1 N–H and O–H groups in total. The van der Waals surface area contributed by atoms with Crippen molar-refractivity contribution >= 4 is 21.4 Å². The summed E-state index contributed by atoms with van der Waals surface area (Å²) in [6.07, 6.45) is 2.52. The number of thiazole rings is 1. The van der Waals surface area contributed by atoms with E-state index in [4.69, 9.17) is 5.26 Å². The van der Waals surface area contributed by atoms with Crippen LogP contribution in [0.15, 0.2) is 29.3 Å². The first kappa shape index (κ1) is 16.5. The van der Waals surface area contributed by atoms with Gasteiger partial charge in [0.15, 0.2) is 0 Å². The number of hydrogen-bond acceptors (Lipinski definition) is 5. The van der Waals surface area contributed by atoms with E-state index in [9.17, 15) is 12.8 Å². The van der Waals surface area contributed by atoms with Crippen LogP contribution in [-0.4, -0.2) is 13.4 Å². The number of hydrogen-bond donors (Lipinski definition) is 1. The lowest BCUT2D eigenvalue weighted by Crippen LogP contribution is -2.27. The van der Waals surface area contributed by atoms with E-state index in [0.29, 0.717) is 5.01 Å². The van der Waals surface area contributed by atoms with Gasteiger partial charge in [0.1, 0.15) is 27.4 Å². The Hall–Kier alpha value is -1.82. The molecule has 1 unspecified atom stereocenters. The topological polar surface area (TPSA) is 82.8 Å². The highest BCUT2D eigenvalue weighted by Gasteiger charge is 2.24. The van der Waals surface area contributed by atoms with Crippen molar-refractivity contribution in [3.8, 4) is 6.07 Å². The number of halogens is 1. The Balaban J connectivity index is 2.32. The summed E-state index contributed by atoms with van der Waals surface area (Å²) in [5.41, 5.74) is -0.490. The summed E-state index contributed by atoms with van der Waals surface area (Å²) < 4.78 is 40.7. The third-order valence-corrected chi connectivity index (χ3v) is 5.91. The second-order valence-corrected chi connectivity index (χ2v) is 7.42. The van der Waals surface area contributed by atoms with Crippen molar-refractivity contribution in [1.29, 1.82) is 5.26 Å². The average molecular weight is 339 g/mol. The zero-order chi connectivity index (χ0) is 16.3. The van der Waals surface area contributed by atoms with E-state index in [0.717, 1.165) is 17.4 Å². The maximum absolute atomic E-state index is 13.6. The van der Waals surface area contributed by atoms with Crippen LogP contribution in [0.1, 0.15) is 35.3 Å². The third-order valence-electron chi connectivity index (χ3n) is 3.00. The molecule has 0 spiro atoms. The molecule has 0 bridgehead atoms. The zero-order valence-corrected chi connectivity index (χ0v) is 13.6. The Bertz CT molecular complexity index is 825. The average Bonchev–Trinajstić information content (AvgIpc) is 2.95. The fraction of sp³-hybridized carbons (Fsp3) is 0.286. The maximum Gasteiger partial charge on any atom is 0.242 e. The first-order valence-electron chi connectivity index (χ1n) is 6.54. The molecule has 1 heterocycles. The van der Waals surface area contributed by atoms with Gasteiger partial charge in [-0.15, -0.1) is 11.3 Å². The summed E-state index contributed by atoms with van der Waals surface area (Å²) >= 11 is 1.41. The van der Waals surface area contributed by atoms with Gasteiger partial charge in [0.05, 0.1) is 6.04 Å². The molecular weight excluding hydrogens is 325 g/mol. The predicted molar refractivity (Wildman–Crippen MR) is 81.3 cm³/mol. The van der Waals surface area contributed by atoms with Crippen LogP contribution in [0.4, 0.5) is 4.39 Å². The molecule has 0 saturated heterocycles. The van der Waals surface area contributed by atoms with Crippen LogP contribution in [-0.2, 0) is 16.4 Å². The summed E-state index contributed by atoms with van der Waals surface area (Å²) in [7, 11) is -4.02. The lowest BCUT2D eigenvalue weighted by Gasteiger charge is -2.13. The minimum Gasteiger partial charge on any atom is -0.248 e.